The van der Waals surface area contributed by atoms with Gasteiger partial charge in [-0.2, -0.15) is 0 Å². The minimum absolute atomic E-state index is 0.137. The van der Waals surface area contributed by atoms with E-state index < -0.39 is 10.0 Å². The van der Waals surface area contributed by atoms with Crippen LogP contribution in [0.3, 0.4) is 0 Å². The fourth-order valence-electron chi connectivity index (χ4n) is 2.85. The second kappa shape index (κ2) is 10.3. The van der Waals surface area contributed by atoms with Crippen molar-refractivity contribution in [3.8, 4) is 5.75 Å². The first-order chi connectivity index (χ1) is 15.3. The summed E-state index contributed by atoms with van der Waals surface area (Å²) in [5, 5.41) is 6.65. The molecule has 0 aliphatic carbocycles. The number of aryl methyl sites for hydroxylation is 1. The first-order valence-corrected chi connectivity index (χ1v) is 11.5. The van der Waals surface area contributed by atoms with Gasteiger partial charge in [-0.05, 0) is 48.4 Å². The molecule has 0 saturated carbocycles. The number of methoxy groups -OCH3 is 1. The lowest BCUT2D eigenvalue weighted by atomic mass is 10.2. The molecule has 3 rings (SSSR count). The molecule has 32 heavy (non-hydrogen) atoms. The zero-order chi connectivity index (χ0) is 23.1. The van der Waals surface area contributed by atoms with Crippen molar-refractivity contribution in [1.29, 1.82) is 0 Å². The number of hydrogen-bond acceptors (Lipinski definition) is 6. The van der Waals surface area contributed by atoms with Crippen LogP contribution in [0.15, 0.2) is 57.9 Å². The van der Waals surface area contributed by atoms with Gasteiger partial charge in [-0.1, -0.05) is 42.4 Å². The maximum absolute atomic E-state index is 12.6. The largest absolute Gasteiger partial charge is 0.497 e. The fourth-order valence-corrected chi connectivity index (χ4v) is 3.87. The quantitative estimate of drug-likeness (QED) is 0.505. The molecular weight excluding hydrogens is 430 g/mol. The number of nitrogens with zero attached hydrogens (tertiary/aromatic N) is 1. The van der Waals surface area contributed by atoms with E-state index in [4.69, 9.17) is 9.26 Å². The summed E-state index contributed by atoms with van der Waals surface area (Å²) in [4.78, 5) is 11.8. The van der Waals surface area contributed by atoms with Crippen molar-refractivity contribution in [1.82, 2.24) is 9.88 Å². The van der Waals surface area contributed by atoms with Crippen molar-refractivity contribution in [2.75, 3.05) is 12.4 Å². The third kappa shape index (κ3) is 5.83. The van der Waals surface area contributed by atoms with Gasteiger partial charge in [-0.15, -0.1) is 0 Å². The lowest BCUT2D eigenvalue weighted by Gasteiger charge is -2.08. The third-order valence-electron chi connectivity index (χ3n) is 4.69. The number of carbonyl (C=O) groups is 1. The molecule has 168 valence electrons. The highest BCUT2D eigenvalue weighted by Gasteiger charge is 2.14. The van der Waals surface area contributed by atoms with E-state index in [1.54, 1.807) is 63.4 Å². The zero-order valence-electron chi connectivity index (χ0n) is 18.1. The van der Waals surface area contributed by atoms with E-state index in [-0.39, 0.29) is 17.3 Å². The zero-order valence-corrected chi connectivity index (χ0v) is 18.9. The van der Waals surface area contributed by atoms with Gasteiger partial charge in [0.1, 0.15) is 17.1 Å². The number of anilines is 1. The Hall–Kier alpha value is -3.43. The van der Waals surface area contributed by atoms with Crippen molar-refractivity contribution >= 4 is 33.8 Å². The third-order valence-corrected chi connectivity index (χ3v) is 6.11. The van der Waals surface area contributed by atoms with Gasteiger partial charge in [0.15, 0.2) is 5.76 Å². The molecule has 0 spiro atoms. The molecule has 0 unspecified atom stereocenters. The lowest BCUT2D eigenvalue weighted by molar-refractivity contribution is -0.115. The Balaban J connectivity index is 1.68. The average molecular weight is 456 g/mol. The van der Waals surface area contributed by atoms with Gasteiger partial charge in [0.2, 0.25) is 15.9 Å². The predicted molar refractivity (Wildman–Crippen MR) is 123 cm³/mol. The smallest absolute Gasteiger partial charge is 0.240 e. The first kappa shape index (κ1) is 23.2. The molecule has 1 aromatic heterocycles. The second-order valence-corrected chi connectivity index (χ2v) is 8.75. The van der Waals surface area contributed by atoms with Crippen LogP contribution in [0.25, 0.3) is 12.2 Å². The molecule has 2 N–H and O–H groups in total. The van der Waals surface area contributed by atoms with Gasteiger partial charge in [0.25, 0.3) is 0 Å². The Labute approximate surface area is 187 Å². The molecule has 0 aliphatic rings. The summed E-state index contributed by atoms with van der Waals surface area (Å²) in [6.45, 7) is 3.65. The van der Waals surface area contributed by atoms with Gasteiger partial charge in [-0.25, -0.2) is 13.1 Å². The van der Waals surface area contributed by atoms with Crippen LogP contribution in [0, 0.1) is 6.92 Å². The van der Waals surface area contributed by atoms with Crippen LogP contribution in [-0.2, 0) is 21.4 Å². The summed E-state index contributed by atoms with van der Waals surface area (Å²) in [6, 6.07) is 13.6. The minimum atomic E-state index is -3.67. The van der Waals surface area contributed by atoms with Gasteiger partial charge in [0, 0.05) is 13.0 Å². The molecule has 0 radical (unpaired) electrons. The molecule has 0 saturated heterocycles. The number of sulfonamides is 1. The molecule has 1 amide bonds. The highest BCUT2D eigenvalue weighted by molar-refractivity contribution is 7.89. The number of nitrogens with one attached hydrogen (secondary N) is 2. The maximum atomic E-state index is 12.6. The summed E-state index contributed by atoms with van der Waals surface area (Å²) in [5.41, 5.74) is 2.66. The monoisotopic (exact) mass is 455 g/mol. The highest BCUT2D eigenvalue weighted by Crippen LogP contribution is 2.23. The fraction of sp³-hybridized carbons (Fsp3) is 0.217. The molecule has 3 aromatic rings. The summed E-state index contributed by atoms with van der Waals surface area (Å²) < 4.78 is 38.2. The Morgan fingerprint density at radius 1 is 1.16 bits per heavy atom. The Bertz CT molecular complexity index is 1210. The highest BCUT2D eigenvalue weighted by atomic mass is 32.2. The normalized spacial score (nSPS) is 11.6. The van der Waals surface area contributed by atoms with Gasteiger partial charge in [0.05, 0.1) is 12.0 Å². The summed E-state index contributed by atoms with van der Waals surface area (Å²) in [6.07, 6.45) is 3.77. The van der Waals surface area contributed by atoms with Crippen LogP contribution in [0.2, 0.25) is 0 Å². The second-order valence-electron chi connectivity index (χ2n) is 6.99. The molecule has 8 nitrogen and oxygen atoms in total. The number of rotatable bonds is 9. The number of benzene rings is 2. The molecular formula is C23H25N3O5S. The minimum Gasteiger partial charge on any atom is -0.497 e. The number of hydrogen-bond donors (Lipinski definition) is 2. The van der Waals surface area contributed by atoms with Gasteiger partial charge < -0.3 is 14.6 Å². The van der Waals surface area contributed by atoms with E-state index in [1.165, 1.54) is 12.1 Å². The van der Waals surface area contributed by atoms with E-state index in [9.17, 15) is 13.2 Å². The van der Waals surface area contributed by atoms with Crippen molar-refractivity contribution < 1.29 is 22.5 Å². The van der Waals surface area contributed by atoms with Crippen molar-refractivity contribution in [2.24, 2.45) is 0 Å². The van der Waals surface area contributed by atoms with Gasteiger partial charge in [-0.3, -0.25) is 4.79 Å². The summed E-state index contributed by atoms with van der Waals surface area (Å²) >= 11 is 0. The van der Waals surface area contributed by atoms with Crippen LogP contribution < -0.4 is 14.8 Å². The number of aromatic nitrogens is 1. The standard InChI is InChI=1S/C23H25N3O5S/c1-4-22(27)25-23-16(2)26-31-21(23)13-10-17-8-11-20(12-9-17)32(28,29)24-15-18-6-5-7-19(14-18)30-3/h5-14,24H,4,15H2,1-3H3,(H,25,27). The molecule has 0 bridgehead atoms. The molecule has 1 heterocycles. The Morgan fingerprint density at radius 2 is 1.91 bits per heavy atom. The number of carbonyl (C=O) groups excluding carboxylic acids is 1. The number of ether oxygens (including phenoxy) is 1. The lowest BCUT2D eigenvalue weighted by Crippen LogP contribution is -2.23. The van der Waals surface area contributed by atoms with Crippen LogP contribution in [0.5, 0.6) is 5.75 Å². The van der Waals surface area contributed by atoms with Crippen LogP contribution in [0.4, 0.5) is 5.69 Å². The van der Waals surface area contributed by atoms with Crippen LogP contribution in [-0.4, -0.2) is 26.6 Å². The van der Waals surface area contributed by atoms with Gasteiger partial charge >= 0.3 is 0 Å². The van der Waals surface area contributed by atoms with Crippen LogP contribution >= 0.6 is 0 Å². The molecule has 0 fully saturated rings. The summed E-state index contributed by atoms with van der Waals surface area (Å²) in [7, 11) is -2.11. The molecule has 2 aromatic carbocycles. The SMILES string of the molecule is CCC(=O)Nc1c(C)noc1C=Cc1ccc(S(=O)(=O)NCc2cccc(OC)c2)cc1. The molecule has 0 atom stereocenters. The van der Waals surface area contributed by atoms with Crippen molar-refractivity contribution in [2.45, 2.75) is 31.7 Å². The molecule has 9 heteroatoms. The number of amides is 1. The predicted octanol–water partition coefficient (Wildman–Crippen LogP) is 3.99. The van der Waals surface area contributed by atoms with E-state index in [1.807, 2.05) is 6.07 Å². The average Bonchev–Trinajstić information content (AvgIpc) is 3.15. The Morgan fingerprint density at radius 3 is 2.59 bits per heavy atom. The van der Waals surface area contributed by atoms with E-state index in [0.29, 0.717) is 29.3 Å². The topological polar surface area (TPSA) is 111 Å². The molecule has 0 aliphatic heterocycles. The van der Waals surface area contributed by atoms with E-state index >= 15 is 0 Å². The van der Waals surface area contributed by atoms with Crippen molar-refractivity contribution in [3.63, 3.8) is 0 Å². The van der Waals surface area contributed by atoms with Crippen molar-refractivity contribution in [3.05, 3.63) is 71.1 Å². The van der Waals surface area contributed by atoms with E-state index in [2.05, 4.69) is 15.2 Å². The van der Waals surface area contributed by atoms with E-state index in [0.717, 1.165) is 11.1 Å². The Kier molecular flexibility index (Phi) is 7.45. The first-order valence-electron chi connectivity index (χ1n) is 9.99. The maximum Gasteiger partial charge on any atom is 0.240 e. The van der Waals surface area contributed by atoms with Crippen LogP contribution in [0.1, 0.15) is 35.9 Å². The summed E-state index contributed by atoms with van der Waals surface area (Å²) in [5.74, 6) is 0.945.